The second-order valence-corrected chi connectivity index (χ2v) is 9.31. The van der Waals surface area contributed by atoms with Gasteiger partial charge in [-0.2, -0.15) is 0 Å². The van der Waals surface area contributed by atoms with Gasteiger partial charge in [0.05, 0.1) is 15.8 Å². The van der Waals surface area contributed by atoms with Crippen LogP contribution < -0.4 is 0 Å². The van der Waals surface area contributed by atoms with Crippen molar-refractivity contribution in [3.63, 3.8) is 0 Å². The van der Waals surface area contributed by atoms with E-state index in [1.54, 1.807) is 6.07 Å². The number of sulfonamides is 1. The van der Waals surface area contributed by atoms with Gasteiger partial charge in [-0.3, -0.25) is 0 Å². The normalized spacial score (nSPS) is 12.4. The molecular weight excluding hydrogens is 565 g/mol. The van der Waals surface area contributed by atoms with Crippen molar-refractivity contribution in [3.05, 3.63) is 150 Å². The van der Waals surface area contributed by atoms with Crippen molar-refractivity contribution in [2.24, 2.45) is 0 Å². The summed E-state index contributed by atoms with van der Waals surface area (Å²) in [7, 11) is 0.740. The van der Waals surface area contributed by atoms with Crippen LogP contribution in [0.25, 0.3) is 21.6 Å². The zero-order chi connectivity index (χ0) is 24.4. The predicted molar refractivity (Wildman–Crippen MR) is 143 cm³/mol. The van der Waals surface area contributed by atoms with Crippen molar-refractivity contribution in [2.45, 2.75) is 17.8 Å². The van der Waals surface area contributed by atoms with Crippen molar-refractivity contribution >= 4 is 19.7 Å². The number of nitrogens with one attached hydrogen (secondary N) is 1. The molecule has 0 heterocycles. The number of hydrogen-bond donors (Lipinski definition) is 0. The molecule has 0 spiro atoms. The third-order valence-corrected chi connectivity index (χ3v) is 6.52. The summed E-state index contributed by atoms with van der Waals surface area (Å²) in [5, 5.41) is 0. The molecule has 0 radical (unpaired) electrons. The Bertz CT molecular complexity index is 1260. The van der Waals surface area contributed by atoms with Crippen LogP contribution in [0.5, 0.6) is 0 Å². The van der Waals surface area contributed by atoms with Gasteiger partial charge in [-0.1, -0.05) is 126 Å². The minimum Gasteiger partial charge on any atom is -0.672 e. The standard InChI is InChI=1S/C27H24N2O2S.CH3.ClH.Ru/c28-26(23-14-6-2-7-15-23)27(24-16-8-3-9-17-24)29-32(30,31)20-21-11-10-18-25(19-21)22-12-4-1-5-13-22;;;/h1-19,26-28H,20H2;1H3;1H;/q-2;-1;;+4/p-1. The number of benzene rings is 4. The molecule has 0 saturated carbocycles. The van der Waals surface area contributed by atoms with E-state index in [-0.39, 0.29) is 13.2 Å². The van der Waals surface area contributed by atoms with E-state index in [9.17, 15) is 8.42 Å². The molecule has 2 atom stereocenters. The van der Waals surface area contributed by atoms with Gasteiger partial charge in [0.1, 0.15) is 0 Å². The average molecular weight is 592 g/mol. The Kier molecular flexibility index (Phi) is 11.8. The first-order valence-electron chi connectivity index (χ1n) is 10.6. The van der Waals surface area contributed by atoms with Gasteiger partial charge in [-0.15, -0.1) is 12.1 Å². The first kappa shape index (κ1) is 28.9. The topological polar surface area (TPSA) is 72.0 Å². The minimum absolute atomic E-state index is 0. The maximum Gasteiger partial charge on any atom is 0.0767 e. The van der Waals surface area contributed by atoms with Crippen LogP contribution in [-0.4, -0.2) is 8.42 Å². The fourth-order valence-corrected chi connectivity index (χ4v) is 4.96. The van der Waals surface area contributed by atoms with Gasteiger partial charge in [0.25, 0.3) is 0 Å². The predicted octanol–water partition coefficient (Wildman–Crippen LogP) is 8.23. The van der Waals surface area contributed by atoms with Crippen LogP contribution in [0.2, 0.25) is 0 Å². The van der Waals surface area contributed by atoms with E-state index in [1.807, 2.05) is 127 Å². The van der Waals surface area contributed by atoms with Crippen molar-refractivity contribution in [1.29, 1.82) is 0 Å². The number of nitrogens with zero attached hydrogens (tertiary/aromatic N) is 1. The second-order valence-electron chi connectivity index (χ2n) is 7.64. The molecule has 4 aromatic rings. The monoisotopic (exact) mass is 592 g/mol. The summed E-state index contributed by atoms with van der Waals surface area (Å²) in [4.78, 5) is 0. The van der Waals surface area contributed by atoms with Gasteiger partial charge in [-0.25, -0.2) is 8.42 Å². The van der Waals surface area contributed by atoms with Crippen LogP contribution in [-0.2, 0) is 33.1 Å². The van der Waals surface area contributed by atoms with Crippen LogP contribution in [0.15, 0.2) is 115 Å². The largest absolute Gasteiger partial charge is 0.672 e. The SMILES string of the molecule is [CH3-].[Cl][Ru+3].[NH-]C(c1ccccc1)C([N-]S(=O)(=O)Cc1cccc(-c2ccccc2)c1)c1ccccc1. The fourth-order valence-electron chi connectivity index (χ4n) is 3.70. The van der Waals surface area contributed by atoms with Gasteiger partial charge in [0.15, 0.2) is 0 Å². The van der Waals surface area contributed by atoms with Gasteiger partial charge in [0.2, 0.25) is 0 Å². The van der Waals surface area contributed by atoms with Crippen molar-refractivity contribution in [3.8, 4) is 11.1 Å². The molecule has 0 bridgehead atoms. The Morgan fingerprint density at radius 3 is 1.77 bits per heavy atom. The Hall–Kier alpha value is -2.34. The van der Waals surface area contributed by atoms with Crippen molar-refractivity contribution in [2.75, 3.05) is 0 Å². The quantitative estimate of drug-likeness (QED) is 0.153. The van der Waals surface area contributed by atoms with Gasteiger partial charge < -0.3 is 17.9 Å². The molecule has 1 N–H and O–H groups in total. The molecule has 0 saturated heterocycles. The third-order valence-electron chi connectivity index (χ3n) is 5.27. The minimum atomic E-state index is -3.83. The molecule has 182 valence electrons. The maximum absolute atomic E-state index is 13.1. The summed E-state index contributed by atoms with van der Waals surface area (Å²) >= 11 is 1.82. The smallest absolute Gasteiger partial charge is 0.0767 e. The maximum atomic E-state index is 13.1. The van der Waals surface area contributed by atoms with Crippen molar-refractivity contribution in [1.82, 2.24) is 0 Å². The Morgan fingerprint density at radius 1 is 0.714 bits per heavy atom. The Morgan fingerprint density at radius 2 is 1.20 bits per heavy atom. The fraction of sp³-hybridized carbons (Fsp3) is 0.107. The van der Waals surface area contributed by atoms with Crippen LogP contribution in [0.1, 0.15) is 28.8 Å². The zero-order valence-corrected chi connectivity index (χ0v) is 22.5. The van der Waals surface area contributed by atoms with Crippen LogP contribution in [0.3, 0.4) is 0 Å². The summed E-state index contributed by atoms with van der Waals surface area (Å²) in [5.74, 6) is -0.210. The van der Waals surface area contributed by atoms with Gasteiger partial charge in [-0.05, 0) is 16.7 Å². The van der Waals surface area contributed by atoms with E-state index in [0.717, 1.165) is 16.7 Å². The average Bonchev–Trinajstić information content (AvgIpc) is 2.89. The Labute approximate surface area is 223 Å². The van der Waals surface area contributed by atoms with E-state index in [2.05, 4.69) is 14.4 Å². The molecule has 0 amide bonds. The molecule has 0 aliphatic heterocycles. The van der Waals surface area contributed by atoms with Crippen LogP contribution in [0, 0.1) is 7.43 Å². The van der Waals surface area contributed by atoms with Crippen LogP contribution in [0.4, 0.5) is 0 Å². The molecule has 0 fully saturated rings. The first-order valence-corrected chi connectivity index (χ1v) is 14.4. The van der Waals surface area contributed by atoms with E-state index < -0.39 is 22.1 Å². The third kappa shape index (κ3) is 8.38. The summed E-state index contributed by atoms with van der Waals surface area (Å²) in [6, 6.07) is 34.1. The van der Waals surface area contributed by atoms with Crippen molar-refractivity contribution < 1.29 is 25.7 Å². The Balaban J connectivity index is 0.00000140. The first-order chi connectivity index (χ1) is 16.5. The summed E-state index contributed by atoms with van der Waals surface area (Å²) in [6.45, 7) is 0. The summed E-state index contributed by atoms with van der Waals surface area (Å²) in [5.41, 5.74) is 12.8. The molecule has 0 aromatic heterocycles. The van der Waals surface area contributed by atoms with Crippen LogP contribution >= 0.6 is 9.69 Å². The molecule has 4 nitrogen and oxygen atoms in total. The number of rotatable bonds is 8. The zero-order valence-electron chi connectivity index (χ0n) is 19.2. The van der Waals surface area contributed by atoms with Gasteiger partial charge in [0, 0.05) is 0 Å². The molecule has 2 unspecified atom stereocenters. The summed E-state index contributed by atoms with van der Waals surface area (Å²) < 4.78 is 30.5. The molecule has 0 aliphatic rings. The molecule has 0 aliphatic carbocycles. The second kappa shape index (κ2) is 14.3. The molecule has 7 heteroatoms. The molecule has 4 aromatic carbocycles. The van der Waals surface area contributed by atoms with E-state index in [4.69, 9.17) is 5.73 Å². The van der Waals surface area contributed by atoms with E-state index in [1.165, 1.54) is 0 Å². The number of halogens is 1. The molecule has 4 rings (SSSR count). The number of hydrogen-bond acceptors (Lipinski definition) is 2. The van der Waals surface area contributed by atoms with Gasteiger partial charge >= 0.3 is 27.0 Å². The summed E-state index contributed by atoms with van der Waals surface area (Å²) in [6.07, 6.45) is 0. The molecular formula is C28H27ClN2O2RuS. The molecule has 35 heavy (non-hydrogen) atoms. The van der Waals surface area contributed by atoms with E-state index >= 15 is 0 Å². The van der Waals surface area contributed by atoms with E-state index in [0.29, 0.717) is 11.1 Å².